The standard InChI is InChI=1S/C23H23F2N5O2/c1-28-9-8-19(23(24,25)13-28)30-21-16-10-14(15-5-7-20(32-3)27-11-15)4-6-17(16)26-12-18(21)29(2)22(30)31/h4-7,10-12,19H,8-9,13H2,1-3H3/t19-/m1/s1. The molecular weight excluding hydrogens is 416 g/mol. The van der Waals surface area contributed by atoms with Crippen LogP contribution in [0, 0.1) is 0 Å². The molecule has 0 radical (unpaired) electrons. The van der Waals surface area contributed by atoms with E-state index in [4.69, 9.17) is 4.74 Å². The third-order valence-electron chi connectivity index (χ3n) is 6.26. The number of imidazole rings is 1. The molecule has 1 saturated heterocycles. The number of fused-ring (bicyclic) bond motifs is 3. The summed E-state index contributed by atoms with van der Waals surface area (Å²) in [6.45, 7) is 0.112. The van der Waals surface area contributed by atoms with Gasteiger partial charge in [-0.1, -0.05) is 6.07 Å². The highest BCUT2D eigenvalue weighted by Crippen LogP contribution is 2.39. The number of methoxy groups -OCH3 is 1. The second-order valence-electron chi connectivity index (χ2n) is 8.33. The highest BCUT2D eigenvalue weighted by atomic mass is 19.3. The molecule has 1 atom stereocenters. The molecule has 1 fully saturated rings. The number of rotatable bonds is 3. The van der Waals surface area contributed by atoms with E-state index in [0.717, 1.165) is 11.1 Å². The molecule has 0 saturated carbocycles. The van der Waals surface area contributed by atoms with E-state index < -0.39 is 17.7 Å². The Morgan fingerprint density at radius 1 is 1.09 bits per heavy atom. The Kier molecular flexibility index (Phi) is 4.74. The lowest BCUT2D eigenvalue weighted by Crippen LogP contribution is -2.49. The van der Waals surface area contributed by atoms with Crippen LogP contribution in [-0.2, 0) is 7.05 Å². The average molecular weight is 439 g/mol. The van der Waals surface area contributed by atoms with Gasteiger partial charge in [0.2, 0.25) is 5.88 Å². The fraction of sp³-hybridized carbons (Fsp3) is 0.348. The number of nitrogens with zero attached hydrogens (tertiary/aromatic N) is 5. The Bertz CT molecular complexity index is 1380. The smallest absolute Gasteiger partial charge is 0.329 e. The van der Waals surface area contributed by atoms with Crippen molar-refractivity contribution in [2.45, 2.75) is 18.4 Å². The number of aromatic nitrogens is 4. The first-order valence-corrected chi connectivity index (χ1v) is 10.4. The van der Waals surface area contributed by atoms with Crippen LogP contribution in [0.4, 0.5) is 8.78 Å². The van der Waals surface area contributed by atoms with Crippen molar-refractivity contribution in [3.8, 4) is 17.0 Å². The summed E-state index contributed by atoms with van der Waals surface area (Å²) in [5.41, 5.74) is 2.89. The minimum absolute atomic E-state index is 0.189. The monoisotopic (exact) mass is 439 g/mol. The zero-order chi connectivity index (χ0) is 22.6. The quantitative estimate of drug-likeness (QED) is 0.489. The van der Waals surface area contributed by atoms with Crippen molar-refractivity contribution in [3.05, 3.63) is 53.2 Å². The summed E-state index contributed by atoms with van der Waals surface area (Å²) in [6, 6.07) is 8.05. The summed E-state index contributed by atoms with van der Waals surface area (Å²) in [7, 11) is 4.82. The Hall–Kier alpha value is -3.33. The minimum Gasteiger partial charge on any atom is -0.481 e. The zero-order valence-corrected chi connectivity index (χ0v) is 18.0. The van der Waals surface area contributed by atoms with E-state index in [2.05, 4.69) is 9.97 Å². The fourth-order valence-corrected chi connectivity index (χ4v) is 4.58. The fourth-order valence-electron chi connectivity index (χ4n) is 4.58. The van der Waals surface area contributed by atoms with Gasteiger partial charge < -0.3 is 9.64 Å². The van der Waals surface area contributed by atoms with Crippen molar-refractivity contribution in [1.29, 1.82) is 0 Å². The van der Waals surface area contributed by atoms with Crippen LogP contribution in [0.25, 0.3) is 33.1 Å². The summed E-state index contributed by atoms with van der Waals surface area (Å²) >= 11 is 0. The molecule has 1 aliphatic heterocycles. The molecule has 7 nitrogen and oxygen atoms in total. The van der Waals surface area contributed by atoms with Crippen molar-refractivity contribution >= 4 is 21.9 Å². The number of alkyl halides is 2. The lowest BCUT2D eigenvalue weighted by Gasteiger charge is -2.37. The van der Waals surface area contributed by atoms with E-state index in [1.807, 2.05) is 24.3 Å². The maximum Gasteiger partial charge on any atom is 0.329 e. The van der Waals surface area contributed by atoms with Gasteiger partial charge in [-0.05, 0) is 37.2 Å². The van der Waals surface area contributed by atoms with Gasteiger partial charge in [-0.25, -0.2) is 18.6 Å². The number of hydrogen-bond donors (Lipinski definition) is 0. The zero-order valence-electron chi connectivity index (χ0n) is 18.0. The molecule has 0 spiro atoms. The number of piperidine rings is 1. The summed E-state index contributed by atoms with van der Waals surface area (Å²) < 4.78 is 38.0. The first-order chi connectivity index (χ1) is 15.3. The molecule has 0 aliphatic carbocycles. The maximum absolute atomic E-state index is 15.1. The second-order valence-corrected chi connectivity index (χ2v) is 8.33. The molecule has 4 aromatic rings. The molecule has 1 aliphatic rings. The number of benzene rings is 1. The second kappa shape index (κ2) is 7.37. The number of ether oxygens (including phenoxy) is 1. The number of pyridine rings is 2. The topological polar surface area (TPSA) is 65.2 Å². The predicted octanol–water partition coefficient (Wildman–Crippen LogP) is 3.47. The van der Waals surface area contributed by atoms with Gasteiger partial charge in [0.05, 0.1) is 36.4 Å². The third-order valence-corrected chi connectivity index (χ3v) is 6.26. The number of hydrogen-bond acceptors (Lipinski definition) is 5. The summed E-state index contributed by atoms with van der Waals surface area (Å²) in [6.07, 6.45) is 3.46. The Morgan fingerprint density at radius 2 is 1.88 bits per heavy atom. The molecule has 4 heterocycles. The summed E-state index contributed by atoms with van der Waals surface area (Å²) in [4.78, 5) is 23.5. The Labute approximate surface area is 182 Å². The molecular formula is C23H23F2N5O2. The van der Waals surface area contributed by atoms with Gasteiger partial charge >= 0.3 is 5.69 Å². The van der Waals surface area contributed by atoms with Crippen molar-refractivity contribution in [2.24, 2.45) is 7.05 Å². The van der Waals surface area contributed by atoms with E-state index in [9.17, 15) is 4.79 Å². The van der Waals surface area contributed by atoms with Gasteiger partial charge in [0.15, 0.2) is 0 Å². The predicted molar refractivity (Wildman–Crippen MR) is 118 cm³/mol. The minimum atomic E-state index is -3.03. The van der Waals surface area contributed by atoms with Crippen molar-refractivity contribution in [2.75, 3.05) is 27.2 Å². The van der Waals surface area contributed by atoms with E-state index >= 15 is 8.78 Å². The van der Waals surface area contributed by atoms with Crippen LogP contribution in [0.5, 0.6) is 5.88 Å². The SMILES string of the molecule is COc1ccc(-c2ccc3ncc4c(c3c2)n([C@@H]2CCN(C)CC2(F)F)c(=O)n4C)cn1. The number of likely N-dealkylation sites (tertiary alicyclic amines) is 1. The van der Waals surface area contributed by atoms with Gasteiger partial charge in [0.25, 0.3) is 5.92 Å². The average Bonchev–Trinajstić information content (AvgIpc) is 3.03. The van der Waals surface area contributed by atoms with Gasteiger partial charge in [-0.15, -0.1) is 0 Å². The molecule has 0 N–H and O–H groups in total. The van der Waals surface area contributed by atoms with Gasteiger partial charge in [-0.3, -0.25) is 14.1 Å². The lowest BCUT2D eigenvalue weighted by molar-refractivity contribution is -0.0977. The molecule has 32 heavy (non-hydrogen) atoms. The molecule has 0 unspecified atom stereocenters. The molecule has 5 rings (SSSR count). The van der Waals surface area contributed by atoms with Gasteiger partial charge in [-0.2, -0.15) is 0 Å². The van der Waals surface area contributed by atoms with E-state index in [1.165, 1.54) is 9.13 Å². The first-order valence-electron chi connectivity index (χ1n) is 10.4. The van der Waals surface area contributed by atoms with Crippen molar-refractivity contribution in [1.82, 2.24) is 24.0 Å². The van der Waals surface area contributed by atoms with Crippen LogP contribution in [-0.4, -0.2) is 57.2 Å². The summed E-state index contributed by atoms with van der Waals surface area (Å²) in [5.74, 6) is -2.53. The highest BCUT2D eigenvalue weighted by Gasteiger charge is 2.46. The third kappa shape index (κ3) is 3.15. The van der Waals surface area contributed by atoms with Crippen LogP contribution in [0.15, 0.2) is 47.5 Å². The van der Waals surface area contributed by atoms with E-state index in [0.29, 0.717) is 34.4 Å². The number of halogens is 2. The van der Waals surface area contributed by atoms with Crippen LogP contribution in [0.3, 0.4) is 0 Å². The van der Waals surface area contributed by atoms with E-state index in [-0.39, 0.29) is 13.0 Å². The Morgan fingerprint density at radius 3 is 2.56 bits per heavy atom. The van der Waals surface area contributed by atoms with Crippen LogP contribution < -0.4 is 10.4 Å². The first kappa shape index (κ1) is 20.6. The lowest BCUT2D eigenvalue weighted by atomic mass is 10.00. The van der Waals surface area contributed by atoms with Crippen molar-refractivity contribution in [3.63, 3.8) is 0 Å². The van der Waals surface area contributed by atoms with Gasteiger partial charge in [0, 0.05) is 36.8 Å². The molecule has 0 amide bonds. The number of aryl methyl sites for hydroxylation is 1. The van der Waals surface area contributed by atoms with Crippen LogP contribution in [0.1, 0.15) is 12.5 Å². The molecule has 0 bridgehead atoms. The van der Waals surface area contributed by atoms with Crippen LogP contribution in [0.2, 0.25) is 0 Å². The van der Waals surface area contributed by atoms with Gasteiger partial charge in [0.1, 0.15) is 6.04 Å². The van der Waals surface area contributed by atoms with Crippen molar-refractivity contribution < 1.29 is 13.5 Å². The van der Waals surface area contributed by atoms with E-state index in [1.54, 1.807) is 44.6 Å². The van der Waals surface area contributed by atoms with Crippen LogP contribution >= 0.6 is 0 Å². The molecule has 166 valence electrons. The molecule has 1 aromatic carbocycles. The summed E-state index contributed by atoms with van der Waals surface area (Å²) in [5, 5.41) is 0.656. The Balaban J connectivity index is 1.76. The molecule has 3 aromatic heterocycles. The largest absolute Gasteiger partial charge is 0.481 e. The maximum atomic E-state index is 15.1. The highest BCUT2D eigenvalue weighted by molar-refractivity contribution is 6.04. The normalized spacial score (nSPS) is 19.0. The molecule has 9 heteroatoms.